The summed E-state index contributed by atoms with van der Waals surface area (Å²) in [6.07, 6.45) is 0. The highest BCUT2D eigenvalue weighted by Crippen LogP contribution is 2.27. The van der Waals surface area contributed by atoms with Gasteiger partial charge in [-0.2, -0.15) is 0 Å². The van der Waals surface area contributed by atoms with Crippen molar-refractivity contribution < 1.29 is 14.3 Å². The number of esters is 1. The van der Waals surface area contributed by atoms with Gasteiger partial charge in [0.15, 0.2) is 0 Å². The number of hydrogen-bond acceptors (Lipinski definition) is 3. The van der Waals surface area contributed by atoms with Crippen LogP contribution >= 0.6 is 11.6 Å². The summed E-state index contributed by atoms with van der Waals surface area (Å²) < 4.78 is 6.55. The van der Waals surface area contributed by atoms with Crippen LogP contribution in [-0.4, -0.2) is 23.6 Å². The first kappa shape index (κ1) is 17.0. The summed E-state index contributed by atoms with van der Waals surface area (Å²) in [4.78, 5) is 24.5. The van der Waals surface area contributed by atoms with Crippen molar-refractivity contribution in [1.82, 2.24) is 4.57 Å². The number of fused-ring (bicyclic) bond motifs is 1. The van der Waals surface area contributed by atoms with Gasteiger partial charge in [-0.3, -0.25) is 4.79 Å². The van der Waals surface area contributed by atoms with E-state index in [1.54, 1.807) is 34.9 Å². The zero-order valence-corrected chi connectivity index (χ0v) is 14.8. The van der Waals surface area contributed by atoms with Gasteiger partial charge in [0.05, 0.1) is 12.7 Å². The minimum absolute atomic E-state index is 0.283. The van der Waals surface area contributed by atoms with Crippen LogP contribution in [0, 0.1) is 6.92 Å². The molecule has 6 heteroatoms. The highest BCUT2D eigenvalue weighted by molar-refractivity contribution is 6.35. The van der Waals surface area contributed by atoms with Crippen molar-refractivity contribution in [3.05, 3.63) is 64.3 Å². The Labute approximate surface area is 150 Å². The number of anilines is 1. The van der Waals surface area contributed by atoms with Crippen LogP contribution in [0.5, 0.6) is 0 Å². The number of ether oxygens (including phenoxy) is 1. The summed E-state index contributed by atoms with van der Waals surface area (Å²) in [5.74, 6) is -0.723. The fraction of sp³-hybridized carbons (Fsp3) is 0.158. The molecule has 3 rings (SSSR count). The smallest absolute Gasteiger partial charge is 0.338 e. The number of amides is 1. The number of benzene rings is 2. The van der Waals surface area contributed by atoms with Gasteiger partial charge in [0.1, 0.15) is 5.69 Å². The summed E-state index contributed by atoms with van der Waals surface area (Å²) >= 11 is 6.20. The Balaban J connectivity index is 1.94. The molecule has 0 aliphatic rings. The summed E-state index contributed by atoms with van der Waals surface area (Å²) in [5, 5.41) is 4.22. The Hall–Kier alpha value is -2.79. The van der Waals surface area contributed by atoms with Crippen LogP contribution in [0.1, 0.15) is 26.4 Å². The lowest BCUT2D eigenvalue weighted by atomic mass is 10.1. The van der Waals surface area contributed by atoms with E-state index in [4.69, 9.17) is 16.3 Å². The number of carbonyl (C=O) groups excluding carboxylic acids is 2. The molecule has 0 fully saturated rings. The maximum atomic E-state index is 12.7. The van der Waals surface area contributed by atoms with Crippen LogP contribution in [0.3, 0.4) is 0 Å². The van der Waals surface area contributed by atoms with Gasteiger partial charge < -0.3 is 14.6 Å². The minimum atomic E-state index is -0.440. The molecule has 1 N–H and O–H groups in total. The second-order valence-electron chi connectivity index (χ2n) is 5.74. The van der Waals surface area contributed by atoms with Crippen LogP contribution in [0.25, 0.3) is 10.9 Å². The van der Waals surface area contributed by atoms with Crippen molar-refractivity contribution in [1.29, 1.82) is 0 Å². The number of nitrogens with one attached hydrogen (secondary N) is 1. The quantitative estimate of drug-likeness (QED) is 0.716. The lowest BCUT2D eigenvalue weighted by molar-refractivity contribution is 0.0599. The van der Waals surface area contributed by atoms with E-state index in [-0.39, 0.29) is 5.91 Å². The number of halogens is 1. The molecule has 0 atom stereocenters. The topological polar surface area (TPSA) is 60.3 Å². The standard InChI is InChI=1S/C19H17ClN2O3/c1-11-7-8-12(9-13(11)19(24)25-3)21-18(23)17-10-14-15(20)5-4-6-16(14)22(17)2/h4-10H,1-3H3,(H,21,23). The SMILES string of the molecule is COC(=O)c1cc(NC(=O)c2cc3c(Cl)cccc3n2C)ccc1C. The number of methoxy groups -OCH3 is 1. The zero-order chi connectivity index (χ0) is 18.1. The minimum Gasteiger partial charge on any atom is -0.465 e. The van der Waals surface area contributed by atoms with Gasteiger partial charge in [-0.25, -0.2) is 4.79 Å². The van der Waals surface area contributed by atoms with Gasteiger partial charge in [-0.15, -0.1) is 0 Å². The van der Waals surface area contributed by atoms with Crippen LogP contribution in [0.2, 0.25) is 5.02 Å². The molecule has 0 aliphatic heterocycles. The lowest BCUT2D eigenvalue weighted by Crippen LogP contribution is -2.16. The first-order chi connectivity index (χ1) is 11.9. The number of nitrogens with zero attached hydrogens (tertiary/aromatic N) is 1. The van der Waals surface area contributed by atoms with Crippen molar-refractivity contribution in [2.75, 3.05) is 12.4 Å². The lowest BCUT2D eigenvalue weighted by Gasteiger charge is -2.09. The number of rotatable bonds is 3. The number of aryl methyl sites for hydroxylation is 2. The largest absolute Gasteiger partial charge is 0.465 e. The fourth-order valence-electron chi connectivity index (χ4n) is 2.77. The third kappa shape index (κ3) is 3.10. The number of hydrogen-bond donors (Lipinski definition) is 1. The molecule has 2 aromatic carbocycles. The molecule has 0 spiro atoms. The van der Waals surface area contributed by atoms with Crippen LogP contribution in [0.15, 0.2) is 42.5 Å². The van der Waals surface area contributed by atoms with E-state index in [1.165, 1.54) is 7.11 Å². The van der Waals surface area contributed by atoms with E-state index >= 15 is 0 Å². The summed E-state index contributed by atoms with van der Waals surface area (Å²) in [7, 11) is 3.13. The molecule has 128 valence electrons. The first-order valence-corrected chi connectivity index (χ1v) is 8.04. The van der Waals surface area contributed by atoms with E-state index in [1.807, 2.05) is 26.1 Å². The van der Waals surface area contributed by atoms with Crippen molar-refractivity contribution in [3.63, 3.8) is 0 Å². The van der Waals surface area contributed by atoms with Crippen molar-refractivity contribution in [2.45, 2.75) is 6.92 Å². The average molecular weight is 357 g/mol. The van der Waals surface area contributed by atoms with Crippen molar-refractivity contribution in [2.24, 2.45) is 7.05 Å². The van der Waals surface area contributed by atoms with Crippen molar-refractivity contribution >= 4 is 40.1 Å². The molecule has 0 bridgehead atoms. The normalized spacial score (nSPS) is 10.7. The van der Waals surface area contributed by atoms with E-state index in [2.05, 4.69) is 5.32 Å². The molecule has 3 aromatic rings. The predicted octanol–water partition coefficient (Wildman–Crippen LogP) is 4.18. The monoisotopic (exact) mass is 356 g/mol. The Morgan fingerprint density at radius 3 is 2.60 bits per heavy atom. The molecular weight excluding hydrogens is 340 g/mol. The van der Waals surface area contributed by atoms with Crippen molar-refractivity contribution in [3.8, 4) is 0 Å². The third-order valence-corrected chi connectivity index (χ3v) is 4.50. The Morgan fingerprint density at radius 2 is 1.92 bits per heavy atom. The van der Waals surface area contributed by atoms with Gasteiger partial charge in [-0.1, -0.05) is 23.7 Å². The van der Waals surface area contributed by atoms with E-state index in [0.29, 0.717) is 22.0 Å². The van der Waals surface area contributed by atoms with Gasteiger partial charge in [-0.05, 0) is 42.8 Å². The molecule has 0 saturated carbocycles. The van der Waals surface area contributed by atoms with Crippen LogP contribution in [-0.2, 0) is 11.8 Å². The predicted molar refractivity (Wildman–Crippen MR) is 98.4 cm³/mol. The van der Waals surface area contributed by atoms with Gasteiger partial charge in [0.2, 0.25) is 0 Å². The zero-order valence-electron chi connectivity index (χ0n) is 14.1. The molecule has 0 saturated heterocycles. The van der Waals surface area contributed by atoms with E-state index in [0.717, 1.165) is 16.5 Å². The van der Waals surface area contributed by atoms with Crippen LogP contribution < -0.4 is 5.32 Å². The molecule has 5 nitrogen and oxygen atoms in total. The first-order valence-electron chi connectivity index (χ1n) is 7.66. The average Bonchev–Trinajstić information content (AvgIpc) is 2.94. The van der Waals surface area contributed by atoms with Gasteiger partial charge >= 0.3 is 5.97 Å². The molecule has 1 amide bonds. The van der Waals surface area contributed by atoms with Crippen LogP contribution in [0.4, 0.5) is 5.69 Å². The number of aromatic nitrogens is 1. The van der Waals surface area contributed by atoms with Gasteiger partial charge in [0.25, 0.3) is 5.91 Å². The molecule has 0 radical (unpaired) electrons. The molecule has 0 aliphatic carbocycles. The maximum Gasteiger partial charge on any atom is 0.338 e. The summed E-state index contributed by atoms with van der Waals surface area (Å²) in [6.45, 7) is 1.81. The molecule has 25 heavy (non-hydrogen) atoms. The van der Waals surface area contributed by atoms with E-state index in [9.17, 15) is 9.59 Å². The van der Waals surface area contributed by atoms with Gasteiger partial charge in [0, 0.05) is 28.7 Å². The Morgan fingerprint density at radius 1 is 1.16 bits per heavy atom. The third-order valence-electron chi connectivity index (χ3n) is 4.17. The molecular formula is C19H17ClN2O3. The second kappa shape index (κ2) is 6.61. The second-order valence-corrected chi connectivity index (χ2v) is 6.14. The fourth-order valence-corrected chi connectivity index (χ4v) is 2.99. The van der Waals surface area contributed by atoms with E-state index < -0.39 is 5.97 Å². The number of carbonyl (C=O) groups is 2. The molecule has 0 unspecified atom stereocenters. The maximum absolute atomic E-state index is 12.7. The summed E-state index contributed by atoms with van der Waals surface area (Å²) in [5.41, 5.74) is 3.06. The highest BCUT2D eigenvalue weighted by atomic mass is 35.5. The molecule has 1 aromatic heterocycles. The highest BCUT2D eigenvalue weighted by Gasteiger charge is 2.16. The summed E-state index contributed by atoms with van der Waals surface area (Å²) in [6, 6.07) is 12.4. The Bertz CT molecular complexity index is 992. The molecule has 1 heterocycles. The Kier molecular flexibility index (Phi) is 4.51.